The van der Waals surface area contributed by atoms with E-state index in [0.29, 0.717) is 18.8 Å². The third-order valence-electron chi connectivity index (χ3n) is 5.73. The number of amides is 2. The molecule has 26 heavy (non-hydrogen) atoms. The fourth-order valence-electron chi connectivity index (χ4n) is 4.32. The normalized spacial score (nSPS) is 19.2. The van der Waals surface area contributed by atoms with Gasteiger partial charge in [0.05, 0.1) is 5.52 Å². The van der Waals surface area contributed by atoms with Crippen LogP contribution in [0.4, 0.5) is 4.79 Å². The Balaban J connectivity index is 1.82. The van der Waals surface area contributed by atoms with E-state index in [0.717, 1.165) is 35.9 Å². The van der Waals surface area contributed by atoms with Crippen molar-refractivity contribution in [2.45, 2.75) is 32.7 Å². The summed E-state index contributed by atoms with van der Waals surface area (Å²) < 4.78 is 1.81. The van der Waals surface area contributed by atoms with Crippen LogP contribution in [0.25, 0.3) is 16.5 Å². The van der Waals surface area contributed by atoms with Crippen LogP contribution in [0.5, 0.6) is 5.75 Å². The SMILES string of the molecule is CCN(CC)C(=O)Nn1cc2c3c(c(O)ccc31)C1=CCCN(C)[C@@H]1C2. The van der Waals surface area contributed by atoms with Crippen LogP contribution in [0.15, 0.2) is 24.4 Å². The third kappa shape index (κ3) is 2.48. The molecule has 0 unspecified atom stereocenters. The molecule has 2 N–H and O–H groups in total. The van der Waals surface area contributed by atoms with E-state index in [-0.39, 0.29) is 12.1 Å². The van der Waals surface area contributed by atoms with Gasteiger partial charge in [0.15, 0.2) is 0 Å². The number of urea groups is 1. The molecule has 6 heteroatoms. The zero-order valence-corrected chi connectivity index (χ0v) is 15.6. The minimum absolute atomic E-state index is 0.110. The number of likely N-dealkylation sites (N-methyl/N-ethyl adjacent to an activating group) is 1. The molecule has 2 aliphatic rings. The van der Waals surface area contributed by atoms with Crippen LogP contribution in [0, 0.1) is 0 Å². The van der Waals surface area contributed by atoms with Crippen LogP contribution < -0.4 is 5.43 Å². The Hall–Kier alpha value is -2.47. The van der Waals surface area contributed by atoms with E-state index in [1.807, 2.05) is 30.8 Å². The molecular formula is C20H26N4O2. The Morgan fingerprint density at radius 1 is 1.35 bits per heavy atom. The summed E-state index contributed by atoms with van der Waals surface area (Å²) in [6, 6.07) is 3.79. The quantitative estimate of drug-likeness (QED) is 0.891. The van der Waals surface area contributed by atoms with Crippen molar-refractivity contribution >= 4 is 22.5 Å². The number of aromatic hydroxyl groups is 1. The lowest BCUT2D eigenvalue weighted by molar-refractivity contribution is 0.214. The summed E-state index contributed by atoms with van der Waals surface area (Å²) in [5, 5.41) is 11.6. The number of phenolic OH excluding ortho intramolecular Hbond substituents is 1. The van der Waals surface area contributed by atoms with Crippen LogP contribution in [0.1, 0.15) is 31.4 Å². The van der Waals surface area contributed by atoms with E-state index in [1.165, 1.54) is 11.1 Å². The van der Waals surface area contributed by atoms with Gasteiger partial charge in [-0.1, -0.05) is 6.08 Å². The fourth-order valence-corrected chi connectivity index (χ4v) is 4.32. The predicted molar refractivity (Wildman–Crippen MR) is 104 cm³/mol. The summed E-state index contributed by atoms with van der Waals surface area (Å²) in [6.45, 7) is 6.30. The van der Waals surface area contributed by atoms with Crippen molar-refractivity contribution < 1.29 is 9.90 Å². The Labute approximate surface area is 153 Å². The van der Waals surface area contributed by atoms with Crippen molar-refractivity contribution in [2.24, 2.45) is 0 Å². The third-order valence-corrected chi connectivity index (χ3v) is 5.73. The molecule has 0 bridgehead atoms. The maximum Gasteiger partial charge on any atom is 0.336 e. The maximum atomic E-state index is 12.5. The van der Waals surface area contributed by atoms with Crippen LogP contribution in [-0.4, -0.2) is 58.3 Å². The van der Waals surface area contributed by atoms with Crippen molar-refractivity contribution in [3.8, 4) is 5.75 Å². The number of nitrogens with zero attached hydrogens (tertiary/aromatic N) is 3. The molecule has 1 atom stereocenters. The lowest BCUT2D eigenvalue weighted by atomic mass is 9.81. The summed E-state index contributed by atoms with van der Waals surface area (Å²) in [5.74, 6) is 0.317. The van der Waals surface area contributed by atoms with Crippen molar-refractivity contribution in [1.29, 1.82) is 0 Å². The minimum Gasteiger partial charge on any atom is -0.507 e. The zero-order valence-electron chi connectivity index (χ0n) is 15.6. The summed E-state index contributed by atoms with van der Waals surface area (Å²) >= 11 is 0. The lowest BCUT2D eigenvalue weighted by Gasteiger charge is -2.37. The highest BCUT2D eigenvalue weighted by molar-refractivity contribution is 6.01. The minimum atomic E-state index is -0.110. The molecule has 138 valence electrons. The Morgan fingerprint density at radius 3 is 2.85 bits per heavy atom. The molecule has 0 fully saturated rings. The molecule has 6 nitrogen and oxygen atoms in total. The van der Waals surface area contributed by atoms with Crippen LogP contribution in [-0.2, 0) is 6.42 Å². The van der Waals surface area contributed by atoms with Gasteiger partial charge in [-0.05, 0) is 57.0 Å². The van der Waals surface area contributed by atoms with Gasteiger partial charge in [-0.2, -0.15) is 0 Å². The Kier molecular flexibility index (Phi) is 4.15. The lowest BCUT2D eigenvalue weighted by Crippen LogP contribution is -2.39. The highest BCUT2D eigenvalue weighted by Crippen LogP contribution is 2.44. The molecule has 0 radical (unpaired) electrons. The van der Waals surface area contributed by atoms with Crippen LogP contribution in [0.3, 0.4) is 0 Å². The smallest absolute Gasteiger partial charge is 0.336 e. The van der Waals surface area contributed by atoms with E-state index >= 15 is 0 Å². The predicted octanol–water partition coefficient (Wildman–Crippen LogP) is 3.00. The summed E-state index contributed by atoms with van der Waals surface area (Å²) in [4.78, 5) is 16.6. The van der Waals surface area contributed by atoms with Gasteiger partial charge in [0.25, 0.3) is 0 Å². The number of phenols is 1. The molecule has 2 heterocycles. The first-order valence-electron chi connectivity index (χ1n) is 9.37. The van der Waals surface area contributed by atoms with Gasteiger partial charge in [0, 0.05) is 42.8 Å². The summed E-state index contributed by atoms with van der Waals surface area (Å²) in [5.41, 5.74) is 7.23. The summed E-state index contributed by atoms with van der Waals surface area (Å²) in [7, 11) is 2.14. The number of hydrogen-bond donors (Lipinski definition) is 2. The molecule has 0 saturated heterocycles. The second-order valence-electron chi connectivity index (χ2n) is 7.12. The second-order valence-corrected chi connectivity index (χ2v) is 7.12. The average Bonchev–Trinajstić information content (AvgIpc) is 2.97. The monoisotopic (exact) mass is 354 g/mol. The number of rotatable bonds is 3. The molecule has 1 aromatic carbocycles. The van der Waals surface area contributed by atoms with E-state index in [2.05, 4.69) is 23.4 Å². The van der Waals surface area contributed by atoms with Gasteiger partial charge < -0.3 is 10.0 Å². The van der Waals surface area contributed by atoms with Gasteiger partial charge in [-0.15, -0.1) is 0 Å². The van der Waals surface area contributed by atoms with Gasteiger partial charge in [0.1, 0.15) is 5.75 Å². The molecule has 1 aliphatic heterocycles. The highest BCUT2D eigenvalue weighted by atomic mass is 16.3. The molecular weight excluding hydrogens is 328 g/mol. The topological polar surface area (TPSA) is 60.7 Å². The first-order valence-corrected chi connectivity index (χ1v) is 9.37. The first kappa shape index (κ1) is 17.0. The Morgan fingerprint density at radius 2 is 2.12 bits per heavy atom. The first-order chi connectivity index (χ1) is 12.5. The van der Waals surface area contributed by atoms with Crippen LogP contribution >= 0.6 is 0 Å². The van der Waals surface area contributed by atoms with Crippen molar-refractivity contribution in [1.82, 2.24) is 14.5 Å². The number of carbonyl (C=O) groups excluding carboxylic acids is 1. The second kappa shape index (κ2) is 6.36. The molecule has 4 rings (SSSR count). The average molecular weight is 354 g/mol. The van der Waals surface area contributed by atoms with E-state index in [1.54, 1.807) is 11.0 Å². The van der Waals surface area contributed by atoms with E-state index < -0.39 is 0 Å². The Bertz CT molecular complexity index is 895. The van der Waals surface area contributed by atoms with Gasteiger partial charge in [-0.3, -0.25) is 9.58 Å². The van der Waals surface area contributed by atoms with Gasteiger partial charge >= 0.3 is 6.03 Å². The van der Waals surface area contributed by atoms with Crippen molar-refractivity contribution in [3.63, 3.8) is 0 Å². The number of nitrogens with one attached hydrogen (secondary N) is 1. The number of carbonyl (C=O) groups is 1. The number of benzene rings is 1. The standard InChI is InChI=1S/C20H26N4O2/c1-4-23(5-2)20(26)21-24-12-13-11-16-14(7-6-10-22(16)3)19-17(25)9-8-15(24)18(13)19/h7-9,12,16,25H,4-6,10-11H2,1-3H3,(H,21,26)/t16-/m1/s1. The zero-order chi connectivity index (χ0) is 18.4. The summed E-state index contributed by atoms with van der Waals surface area (Å²) in [6.07, 6.45) is 6.15. The van der Waals surface area contributed by atoms with Gasteiger partial charge in [0.2, 0.25) is 0 Å². The van der Waals surface area contributed by atoms with Crippen molar-refractivity contribution in [3.05, 3.63) is 35.5 Å². The molecule has 0 saturated carbocycles. The molecule has 2 amide bonds. The molecule has 1 aromatic heterocycles. The molecule has 1 aliphatic carbocycles. The maximum absolute atomic E-state index is 12.5. The van der Waals surface area contributed by atoms with Crippen LogP contribution in [0.2, 0.25) is 0 Å². The molecule has 2 aromatic rings. The van der Waals surface area contributed by atoms with E-state index in [9.17, 15) is 9.90 Å². The van der Waals surface area contributed by atoms with E-state index in [4.69, 9.17) is 0 Å². The van der Waals surface area contributed by atoms with Crippen molar-refractivity contribution in [2.75, 3.05) is 32.1 Å². The number of hydrogen-bond acceptors (Lipinski definition) is 3. The number of aromatic nitrogens is 1. The largest absolute Gasteiger partial charge is 0.507 e. The number of fused-ring (bicyclic) bond motifs is 2. The molecule has 0 spiro atoms. The highest BCUT2D eigenvalue weighted by Gasteiger charge is 2.33. The fraction of sp³-hybridized carbons (Fsp3) is 0.450. The van der Waals surface area contributed by atoms with Gasteiger partial charge in [-0.25, -0.2) is 10.2 Å².